The van der Waals surface area contributed by atoms with Crippen LogP contribution in [-0.4, -0.2) is 104 Å². The highest BCUT2D eigenvalue weighted by Crippen LogP contribution is 2.54. The smallest absolute Gasteiger partial charge is 0.387 e. The van der Waals surface area contributed by atoms with E-state index in [0.717, 1.165) is 10.9 Å². The van der Waals surface area contributed by atoms with Crippen LogP contribution in [0, 0.1) is 0 Å². The summed E-state index contributed by atoms with van der Waals surface area (Å²) in [6, 6.07) is 0. The number of phosphoric acid groups is 2. The number of hydrogen-bond donors (Lipinski definition) is 7. The summed E-state index contributed by atoms with van der Waals surface area (Å²) in [5.74, 6) is -0.193. The number of anilines is 2. The molecule has 0 saturated carbocycles. The summed E-state index contributed by atoms with van der Waals surface area (Å²) in [5, 5.41) is 22.6. The Hall–Kier alpha value is -3.50. The summed E-state index contributed by atoms with van der Waals surface area (Å²) in [4.78, 5) is 56.0. The van der Waals surface area contributed by atoms with Crippen LogP contribution in [-0.2, 0) is 36.7 Å². The first-order valence-electron chi connectivity index (χ1n) is 13.4. The number of fused-ring (bicyclic) bond motifs is 5. The Labute approximate surface area is 255 Å². The van der Waals surface area contributed by atoms with Crippen LogP contribution in [0.3, 0.4) is 0 Å². The van der Waals surface area contributed by atoms with Crippen LogP contribution in [0.1, 0.15) is 17.9 Å². The molecule has 0 spiro atoms. The molecule has 46 heavy (non-hydrogen) atoms. The fraction of sp³-hybridized carbons (Fsp3) is 0.455. The van der Waals surface area contributed by atoms with Gasteiger partial charge in [-0.2, -0.15) is 4.98 Å². The van der Waals surface area contributed by atoms with Crippen molar-refractivity contribution < 1.29 is 56.7 Å². The predicted octanol–water partition coefficient (Wildman–Crippen LogP) is -1.60. The van der Waals surface area contributed by atoms with Crippen molar-refractivity contribution in [3.05, 3.63) is 41.0 Å². The quantitative estimate of drug-likeness (QED) is 0.117. The maximum atomic E-state index is 13.2. The van der Waals surface area contributed by atoms with Crippen molar-refractivity contribution in [1.29, 1.82) is 0 Å². The third-order valence-corrected chi connectivity index (χ3v) is 9.57. The number of aliphatic hydroxyl groups excluding tert-OH is 2. The minimum absolute atomic E-state index is 0.0904. The Morgan fingerprint density at radius 2 is 1.63 bits per heavy atom. The van der Waals surface area contributed by atoms with Gasteiger partial charge in [-0.1, -0.05) is 0 Å². The third kappa shape index (κ3) is 5.47. The van der Waals surface area contributed by atoms with Crippen LogP contribution in [0.5, 0.6) is 0 Å². The van der Waals surface area contributed by atoms with Crippen molar-refractivity contribution in [2.24, 2.45) is 0 Å². The largest absolute Gasteiger partial charge is 0.472 e. The average Bonchev–Trinajstić information content (AvgIpc) is 3.64. The Kier molecular flexibility index (Phi) is 7.67. The molecule has 7 heterocycles. The van der Waals surface area contributed by atoms with E-state index in [1.165, 1.54) is 18.7 Å². The number of imidazole rings is 1. The number of rotatable bonds is 2. The van der Waals surface area contributed by atoms with Gasteiger partial charge in [-0.25, -0.2) is 24.1 Å². The molecule has 7 rings (SSSR count). The van der Waals surface area contributed by atoms with Gasteiger partial charge in [-0.15, -0.1) is 0 Å². The van der Waals surface area contributed by atoms with E-state index in [1.807, 2.05) is 0 Å². The minimum atomic E-state index is -5.12. The summed E-state index contributed by atoms with van der Waals surface area (Å²) < 4.78 is 60.1. The zero-order valence-corrected chi connectivity index (χ0v) is 24.8. The van der Waals surface area contributed by atoms with E-state index in [1.54, 1.807) is 0 Å². The molecule has 0 radical (unpaired) electrons. The normalized spacial score (nSPS) is 37.0. The van der Waals surface area contributed by atoms with Crippen molar-refractivity contribution >= 4 is 49.5 Å². The van der Waals surface area contributed by atoms with Gasteiger partial charge in [0.05, 0.1) is 30.4 Å². The lowest BCUT2D eigenvalue weighted by atomic mass is 10.0. The summed E-state index contributed by atoms with van der Waals surface area (Å²) in [6.45, 7) is -1.65. The number of aromatic nitrogens is 7. The SMILES string of the molecule is Nc1nc2c(ncn2[C@@H]2O[C@@H]3COP(=O)(O)OC4C(O)[C@H](c5cncc6c(N)ncnc56)O[C@@H]4COP(=O)(O)OC2C3O)c(=O)[nH]1. The molecule has 22 nitrogen and oxygen atoms in total. The van der Waals surface area contributed by atoms with E-state index in [2.05, 4.69) is 29.9 Å². The molecule has 9 N–H and O–H groups in total. The van der Waals surface area contributed by atoms with Crippen LogP contribution < -0.4 is 17.0 Å². The second-order valence-electron chi connectivity index (χ2n) is 10.5. The van der Waals surface area contributed by atoms with Gasteiger partial charge in [0.2, 0.25) is 5.95 Å². The van der Waals surface area contributed by atoms with E-state index < -0.39 is 83.4 Å². The second-order valence-corrected chi connectivity index (χ2v) is 13.3. The lowest BCUT2D eigenvalue weighted by molar-refractivity contribution is -0.0636. The summed E-state index contributed by atoms with van der Waals surface area (Å²) in [5.41, 5.74) is 11.0. The number of nitrogen functional groups attached to an aromatic ring is 2. The molecule has 0 aromatic carbocycles. The monoisotopic (exact) mass is 685 g/mol. The van der Waals surface area contributed by atoms with Gasteiger partial charge >= 0.3 is 15.6 Å². The fourth-order valence-corrected chi connectivity index (χ4v) is 7.41. The Morgan fingerprint density at radius 1 is 0.913 bits per heavy atom. The fourth-order valence-electron chi connectivity index (χ4n) is 5.51. The molecule has 3 fully saturated rings. The third-order valence-electron chi connectivity index (χ3n) is 7.60. The standard InChI is InChI=1S/C22H25N9O13P2/c23-18-8-2-25-1-7(11(8)26-5-27-18)15-14(33)16-10(41-15)4-40-46(37,38)44-17-13(32)9(3-39-45(35,36)43-16)42-21(17)31-6-28-12-19(31)29-22(24)30-20(12)34/h1-2,5-6,9-10,13-17,21,32-33H,3-4H2,(H,35,36)(H,37,38)(H2,23,26,27)(H3,24,29,30,34)/t9-,10-,13?,14?,15+,16?,17?,21-/m1/s1. The summed E-state index contributed by atoms with van der Waals surface area (Å²) >= 11 is 0. The molecule has 6 unspecified atom stereocenters. The Bertz CT molecular complexity index is 1980. The number of H-pyrrole nitrogens is 1. The zero-order chi connectivity index (χ0) is 32.5. The number of nitrogens with zero attached hydrogens (tertiary/aromatic N) is 6. The van der Waals surface area contributed by atoms with Crippen molar-refractivity contribution in [2.75, 3.05) is 24.7 Å². The number of pyridine rings is 1. The van der Waals surface area contributed by atoms with Crippen molar-refractivity contribution in [3.63, 3.8) is 0 Å². The van der Waals surface area contributed by atoms with Gasteiger partial charge in [0.25, 0.3) is 5.56 Å². The van der Waals surface area contributed by atoms with Crippen molar-refractivity contribution in [3.8, 4) is 0 Å². The van der Waals surface area contributed by atoms with Crippen LogP contribution >= 0.6 is 15.6 Å². The highest BCUT2D eigenvalue weighted by atomic mass is 31.2. The maximum absolute atomic E-state index is 13.2. The van der Waals surface area contributed by atoms with Crippen molar-refractivity contribution in [1.82, 2.24) is 34.5 Å². The number of nitrogens with one attached hydrogen (secondary N) is 1. The molecule has 3 aliphatic rings. The van der Waals surface area contributed by atoms with E-state index in [9.17, 15) is 33.9 Å². The second kappa shape index (κ2) is 11.3. The van der Waals surface area contributed by atoms with Gasteiger partial charge < -0.3 is 40.9 Å². The first-order chi connectivity index (χ1) is 21.8. The lowest BCUT2D eigenvalue weighted by Gasteiger charge is -2.26. The molecule has 246 valence electrons. The van der Waals surface area contributed by atoms with Gasteiger partial charge in [-0.3, -0.25) is 37.4 Å². The molecular weight excluding hydrogens is 660 g/mol. The van der Waals surface area contributed by atoms with Gasteiger partial charge in [-0.05, 0) is 0 Å². The first kappa shape index (κ1) is 31.1. The van der Waals surface area contributed by atoms with E-state index in [0.29, 0.717) is 5.39 Å². The van der Waals surface area contributed by atoms with Crippen LogP contribution in [0.15, 0.2) is 29.8 Å². The first-order valence-corrected chi connectivity index (χ1v) is 16.4. The van der Waals surface area contributed by atoms with Crippen molar-refractivity contribution in [2.45, 2.75) is 49.0 Å². The van der Waals surface area contributed by atoms with E-state index >= 15 is 0 Å². The molecule has 3 aliphatic heterocycles. The van der Waals surface area contributed by atoms with Crippen LogP contribution in [0.4, 0.5) is 11.8 Å². The van der Waals surface area contributed by atoms with Crippen LogP contribution in [0.25, 0.3) is 22.1 Å². The van der Waals surface area contributed by atoms with Crippen LogP contribution in [0.2, 0.25) is 0 Å². The predicted molar refractivity (Wildman–Crippen MR) is 149 cm³/mol. The number of nitrogens with two attached hydrogens (primary N) is 2. The van der Waals surface area contributed by atoms with Gasteiger partial charge in [0.1, 0.15) is 54.9 Å². The molecule has 0 aliphatic carbocycles. The highest BCUT2D eigenvalue weighted by Gasteiger charge is 2.54. The topological polar surface area (TPSA) is 325 Å². The van der Waals surface area contributed by atoms with E-state index in [4.69, 9.17) is 39.0 Å². The lowest BCUT2D eigenvalue weighted by Crippen LogP contribution is -2.36. The summed E-state index contributed by atoms with van der Waals surface area (Å²) in [7, 11) is -10.2. The number of ether oxygens (including phenoxy) is 2. The Balaban J connectivity index is 1.21. The molecule has 24 heteroatoms. The molecule has 3 saturated heterocycles. The maximum Gasteiger partial charge on any atom is 0.472 e. The minimum Gasteiger partial charge on any atom is -0.387 e. The molecule has 10 atom stereocenters. The number of hydrogen-bond acceptors (Lipinski definition) is 18. The Morgan fingerprint density at radius 3 is 2.39 bits per heavy atom. The molecule has 4 aromatic rings. The summed E-state index contributed by atoms with van der Waals surface area (Å²) in [6.07, 6.45) is -7.60. The van der Waals surface area contributed by atoms with E-state index in [-0.39, 0.29) is 34.0 Å². The number of aliphatic hydroxyl groups is 2. The zero-order valence-electron chi connectivity index (χ0n) is 23.0. The average molecular weight is 685 g/mol. The molecule has 2 bridgehead atoms. The van der Waals surface area contributed by atoms with Gasteiger partial charge in [0.15, 0.2) is 17.4 Å². The molecule has 0 amide bonds. The molecular formula is C22H25N9O13P2. The van der Waals surface area contributed by atoms with Gasteiger partial charge in [0, 0.05) is 18.0 Å². The highest BCUT2D eigenvalue weighted by molar-refractivity contribution is 7.47. The number of phosphoric ester groups is 2. The molecule has 4 aromatic heterocycles. The number of aromatic amines is 1.